The molecule has 0 aliphatic heterocycles. The van der Waals surface area contributed by atoms with Crippen molar-refractivity contribution in [3.05, 3.63) is 33.8 Å². The highest BCUT2D eigenvalue weighted by molar-refractivity contribution is 6.42. The topological polar surface area (TPSA) is 12.0 Å². The lowest BCUT2D eigenvalue weighted by Gasteiger charge is -2.30. The zero-order valence-corrected chi connectivity index (χ0v) is 13.2. The minimum atomic E-state index is 0.251. The van der Waals surface area contributed by atoms with E-state index in [-0.39, 0.29) is 5.41 Å². The van der Waals surface area contributed by atoms with E-state index in [0.717, 1.165) is 19.4 Å². The van der Waals surface area contributed by atoms with Crippen LogP contribution in [0.3, 0.4) is 0 Å². The van der Waals surface area contributed by atoms with Gasteiger partial charge in [-0.3, -0.25) is 0 Å². The lowest BCUT2D eigenvalue weighted by molar-refractivity contribution is 0.281. The van der Waals surface area contributed by atoms with E-state index in [1.165, 1.54) is 5.56 Å². The number of benzene rings is 1. The molecule has 0 fully saturated rings. The molecule has 0 spiro atoms. The number of hydrogen-bond acceptors (Lipinski definition) is 1. The highest BCUT2D eigenvalue weighted by Crippen LogP contribution is 2.29. The van der Waals surface area contributed by atoms with Crippen LogP contribution in [0.5, 0.6) is 0 Å². The van der Waals surface area contributed by atoms with Crippen LogP contribution in [0.2, 0.25) is 10.0 Å². The van der Waals surface area contributed by atoms with Gasteiger partial charge in [0.05, 0.1) is 10.0 Å². The second-order valence-corrected chi connectivity index (χ2v) is 6.44. The molecule has 1 aromatic rings. The van der Waals surface area contributed by atoms with E-state index in [2.05, 4.69) is 39.1 Å². The number of halogens is 2. The average molecular weight is 288 g/mol. The smallest absolute Gasteiger partial charge is 0.0595 e. The fourth-order valence-corrected chi connectivity index (χ4v) is 2.23. The SMILES string of the molecule is CCC(C)(CNC(C)C)Cc1ccc(Cl)c(Cl)c1. The average Bonchev–Trinajstić information content (AvgIpc) is 2.31. The molecule has 0 aliphatic rings. The van der Waals surface area contributed by atoms with E-state index in [4.69, 9.17) is 23.2 Å². The molecule has 3 heteroatoms. The van der Waals surface area contributed by atoms with Crippen LogP contribution in [0.4, 0.5) is 0 Å². The fraction of sp³-hybridized carbons (Fsp3) is 0.600. The first-order valence-electron chi connectivity index (χ1n) is 6.53. The van der Waals surface area contributed by atoms with Crippen molar-refractivity contribution < 1.29 is 0 Å². The first-order valence-corrected chi connectivity index (χ1v) is 7.29. The van der Waals surface area contributed by atoms with Gasteiger partial charge in [0.15, 0.2) is 0 Å². The van der Waals surface area contributed by atoms with Gasteiger partial charge in [-0.25, -0.2) is 0 Å². The number of hydrogen-bond donors (Lipinski definition) is 1. The van der Waals surface area contributed by atoms with Crippen LogP contribution in [0.25, 0.3) is 0 Å². The second-order valence-electron chi connectivity index (χ2n) is 5.63. The zero-order chi connectivity index (χ0) is 13.8. The number of nitrogens with one attached hydrogen (secondary N) is 1. The van der Waals surface area contributed by atoms with Crippen LogP contribution in [0, 0.1) is 5.41 Å². The van der Waals surface area contributed by atoms with Crippen molar-refractivity contribution in [1.29, 1.82) is 0 Å². The molecule has 1 N–H and O–H groups in total. The second kappa shape index (κ2) is 6.79. The van der Waals surface area contributed by atoms with Crippen LogP contribution >= 0.6 is 23.2 Å². The Morgan fingerprint density at radius 2 is 1.89 bits per heavy atom. The van der Waals surface area contributed by atoms with Crippen molar-refractivity contribution in [2.45, 2.75) is 46.6 Å². The van der Waals surface area contributed by atoms with Crippen molar-refractivity contribution in [3.8, 4) is 0 Å². The molecule has 0 saturated carbocycles. The quantitative estimate of drug-likeness (QED) is 0.781. The third-order valence-electron chi connectivity index (χ3n) is 3.41. The Morgan fingerprint density at radius 3 is 2.39 bits per heavy atom. The Morgan fingerprint density at radius 1 is 1.22 bits per heavy atom. The van der Waals surface area contributed by atoms with Crippen molar-refractivity contribution >= 4 is 23.2 Å². The van der Waals surface area contributed by atoms with E-state index in [1.807, 2.05) is 12.1 Å². The van der Waals surface area contributed by atoms with Gasteiger partial charge < -0.3 is 5.32 Å². The summed E-state index contributed by atoms with van der Waals surface area (Å²) in [6.45, 7) is 9.91. The molecule has 0 heterocycles. The summed E-state index contributed by atoms with van der Waals surface area (Å²) in [5, 5.41) is 4.79. The first kappa shape index (κ1) is 15.8. The van der Waals surface area contributed by atoms with Gasteiger partial charge in [0.1, 0.15) is 0 Å². The van der Waals surface area contributed by atoms with Crippen molar-refractivity contribution in [2.24, 2.45) is 5.41 Å². The largest absolute Gasteiger partial charge is 0.314 e. The summed E-state index contributed by atoms with van der Waals surface area (Å²) in [6.07, 6.45) is 2.15. The van der Waals surface area contributed by atoms with E-state index in [0.29, 0.717) is 16.1 Å². The normalized spacial score (nSPS) is 14.8. The molecule has 0 radical (unpaired) electrons. The van der Waals surface area contributed by atoms with Crippen molar-refractivity contribution in [2.75, 3.05) is 6.54 Å². The summed E-state index contributed by atoms with van der Waals surface area (Å²) in [5.41, 5.74) is 1.50. The third kappa shape index (κ3) is 4.79. The van der Waals surface area contributed by atoms with Gasteiger partial charge in [-0.2, -0.15) is 0 Å². The van der Waals surface area contributed by atoms with E-state index in [1.54, 1.807) is 0 Å². The zero-order valence-electron chi connectivity index (χ0n) is 11.7. The standard InChI is InChI=1S/C15H23Cl2N/c1-5-15(4,10-18-11(2)3)9-12-6-7-13(16)14(17)8-12/h6-8,11,18H,5,9-10H2,1-4H3. The summed E-state index contributed by atoms with van der Waals surface area (Å²) in [6, 6.07) is 6.44. The molecule has 0 aromatic heterocycles. The lowest BCUT2D eigenvalue weighted by Crippen LogP contribution is -2.36. The Labute approximate surface area is 121 Å². The summed E-state index contributed by atoms with van der Waals surface area (Å²) in [7, 11) is 0. The van der Waals surface area contributed by atoms with E-state index in [9.17, 15) is 0 Å². The maximum absolute atomic E-state index is 6.07. The predicted octanol–water partition coefficient (Wildman–Crippen LogP) is 4.95. The molecule has 1 aromatic carbocycles. The monoisotopic (exact) mass is 287 g/mol. The minimum absolute atomic E-state index is 0.251. The molecule has 0 bridgehead atoms. The van der Waals surface area contributed by atoms with Crippen molar-refractivity contribution in [3.63, 3.8) is 0 Å². The molecular weight excluding hydrogens is 265 g/mol. The van der Waals surface area contributed by atoms with Gasteiger partial charge >= 0.3 is 0 Å². The molecule has 0 amide bonds. The minimum Gasteiger partial charge on any atom is -0.314 e. The van der Waals surface area contributed by atoms with Gasteiger partial charge in [0, 0.05) is 12.6 Å². The molecule has 102 valence electrons. The van der Waals surface area contributed by atoms with Gasteiger partial charge in [0.2, 0.25) is 0 Å². The van der Waals surface area contributed by atoms with E-state index >= 15 is 0 Å². The van der Waals surface area contributed by atoms with Crippen LogP contribution < -0.4 is 5.32 Å². The molecule has 0 saturated heterocycles. The highest BCUT2D eigenvalue weighted by Gasteiger charge is 2.22. The van der Waals surface area contributed by atoms with Gasteiger partial charge in [0.25, 0.3) is 0 Å². The number of rotatable bonds is 6. The molecule has 1 atom stereocenters. The maximum atomic E-state index is 6.07. The van der Waals surface area contributed by atoms with Gasteiger partial charge in [-0.15, -0.1) is 0 Å². The Hall–Kier alpha value is -0.240. The van der Waals surface area contributed by atoms with Crippen LogP contribution in [0.1, 0.15) is 39.7 Å². The van der Waals surface area contributed by atoms with Crippen LogP contribution in [-0.2, 0) is 6.42 Å². The predicted molar refractivity (Wildman–Crippen MR) is 81.7 cm³/mol. The summed E-state index contributed by atoms with van der Waals surface area (Å²) >= 11 is 12.0. The third-order valence-corrected chi connectivity index (χ3v) is 4.14. The summed E-state index contributed by atoms with van der Waals surface area (Å²) < 4.78 is 0. The first-order chi connectivity index (χ1) is 8.36. The Balaban J connectivity index is 2.74. The van der Waals surface area contributed by atoms with Gasteiger partial charge in [-0.1, -0.05) is 57.0 Å². The lowest BCUT2D eigenvalue weighted by atomic mass is 9.81. The molecule has 1 unspecified atom stereocenters. The summed E-state index contributed by atoms with van der Waals surface area (Å²) in [4.78, 5) is 0. The molecular formula is C15H23Cl2N. The van der Waals surface area contributed by atoms with Crippen LogP contribution in [0.15, 0.2) is 18.2 Å². The summed E-state index contributed by atoms with van der Waals surface area (Å²) in [5.74, 6) is 0. The molecule has 0 aliphatic carbocycles. The highest BCUT2D eigenvalue weighted by atomic mass is 35.5. The molecule has 1 rings (SSSR count). The van der Waals surface area contributed by atoms with E-state index < -0.39 is 0 Å². The van der Waals surface area contributed by atoms with Crippen molar-refractivity contribution in [1.82, 2.24) is 5.32 Å². The Bertz CT molecular complexity index is 390. The Kier molecular flexibility index (Phi) is 5.97. The van der Waals surface area contributed by atoms with Gasteiger partial charge in [-0.05, 0) is 36.0 Å². The fourth-order valence-electron chi connectivity index (χ4n) is 1.91. The molecule has 18 heavy (non-hydrogen) atoms. The molecule has 1 nitrogen and oxygen atoms in total. The maximum Gasteiger partial charge on any atom is 0.0595 e. The van der Waals surface area contributed by atoms with Crippen LogP contribution in [-0.4, -0.2) is 12.6 Å².